The normalized spacial score (nSPS) is 11.4. The zero-order valence-electron chi connectivity index (χ0n) is 11.3. The van der Waals surface area contributed by atoms with Crippen LogP contribution in [0.4, 0.5) is 0 Å². The van der Waals surface area contributed by atoms with E-state index in [0.29, 0.717) is 11.6 Å². The smallest absolute Gasteiger partial charge is 0.205 e. The summed E-state index contributed by atoms with van der Waals surface area (Å²) in [6, 6.07) is 0. The zero-order valence-corrected chi connectivity index (χ0v) is 11.3. The van der Waals surface area contributed by atoms with E-state index in [1.165, 1.54) is 0 Å². The molecule has 0 amide bonds. The van der Waals surface area contributed by atoms with E-state index < -0.39 is 0 Å². The first kappa shape index (κ1) is 13.5. The molecule has 0 atom stereocenters. The van der Waals surface area contributed by atoms with E-state index in [-0.39, 0.29) is 5.78 Å². The van der Waals surface area contributed by atoms with Crippen molar-refractivity contribution in [1.82, 2.24) is 14.5 Å². The number of aromatic nitrogens is 2. The predicted octanol–water partition coefficient (Wildman–Crippen LogP) is 2.28. The van der Waals surface area contributed by atoms with Crippen molar-refractivity contribution in [3.05, 3.63) is 30.0 Å². The molecule has 1 aromatic rings. The van der Waals surface area contributed by atoms with Gasteiger partial charge >= 0.3 is 0 Å². The Balaban J connectivity index is 3.02. The number of ketones is 1. The van der Waals surface area contributed by atoms with E-state index in [2.05, 4.69) is 18.8 Å². The van der Waals surface area contributed by atoms with Gasteiger partial charge in [-0.15, -0.1) is 0 Å². The lowest BCUT2D eigenvalue weighted by atomic mass is 10.2. The molecule has 1 heterocycles. The van der Waals surface area contributed by atoms with Gasteiger partial charge in [-0.25, -0.2) is 4.98 Å². The maximum Gasteiger partial charge on any atom is 0.205 e. The van der Waals surface area contributed by atoms with Crippen molar-refractivity contribution < 1.29 is 4.79 Å². The third kappa shape index (κ3) is 3.19. The van der Waals surface area contributed by atoms with Crippen molar-refractivity contribution in [2.75, 3.05) is 14.1 Å². The number of allylic oxidation sites excluding steroid dienone is 1. The van der Waals surface area contributed by atoms with Crippen LogP contribution in [0.25, 0.3) is 0 Å². The van der Waals surface area contributed by atoms with Crippen LogP contribution in [0.5, 0.6) is 0 Å². The summed E-state index contributed by atoms with van der Waals surface area (Å²) in [6.07, 6.45) is 5.00. The van der Waals surface area contributed by atoms with Gasteiger partial charge in [0.25, 0.3) is 0 Å². The van der Waals surface area contributed by atoms with Crippen LogP contribution in [0.2, 0.25) is 0 Å². The van der Waals surface area contributed by atoms with Gasteiger partial charge in [-0.1, -0.05) is 13.8 Å². The molecule has 17 heavy (non-hydrogen) atoms. The second-order valence-electron chi connectivity index (χ2n) is 4.54. The lowest BCUT2D eigenvalue weighted by Gasteiger charge is -2.10. The zero-order chi connectivity index (χ0) is 13.0. The standard InChI is InChI=1S/C13H21N3O/c1-6-16-11(9-14-13(16)10(2)3)12(17)7-8-15(4)5/h7-10H,6H2,1-5H3. The molecule has 4 nitrogen and oxygen atoms in total. The van der Waals surface area contributed by atoms with E-state index in [1.54, 1.807) is 18.5 Å². The molecule has 94 valence electrons. The van der Waals surface area contributed by atoms with Gasteiger partial charge in [-0.2, -0.15) is 0 Å². The molecule has 0 fully saturated rings. The second-order valence-corrected chi connectivity index (χ2v) is 4.54. The summed E-state index contributed by atoms with van der Waals surface area (Å²) in [5.41, 5.74) is 0.661. The van der Waals surface area contributed by atoms with Crippen LogP contribution >= 0.6 is 0 Å². The van der Waals surface area contributed by atoms with E-state index >= 15 is 0 Å². The highest BCUT2D eigenvalue weighted by Gasteiger charge is 2.15. The van der Waals surface area contributed by atoms with Crippen molar-refractivity contribution in [3.63, 3.8) is 0 Å². The molecule has 4 heteroatoms. The van der Waals surface area contributed by atoms with Crippen LogP contribution in [0.1, 0.15) is 43.0 Å². The van der Waals surface area contributed by atoms with Gasteiger partial charge in [-0.3, -0.25) is 4.79 Å². The molecule has 0 aliphatic carbocycles. The highest BCUT2D eigenvalue weighted by atomic mass is 16.1. The van der Waals surface area contributed by atoms with E-state index in [9.17, 15) is 4.79 Å². The molecule has 0 aliphatic heterocycles. The average Bonchev–Trinajstić information content (AvgIpc) is 2.69. The Morgan fingerprint density at radius 2 is 2.18 bits per heavy atom. The molecule has 0 aromatic carbocycles. The van der Waals surface area contributed by atoms with Crippen molar-refractivity contribution >= 4 is 5.78 Å². The quantitative estimate of drug-likeness (QED) is 0.580. The minimum absolute atomic E-state index is 0.0000463. The van der Waals surface area contributed by atoms with Gasteiger partial charge < -0.3 is 9.47 Å². The highest BCUT2D eigenvalue weighted by Crippen LogP contribution is 2.15. The van der Waals surface area contributed by atoms with E-state index in [1.807, 2.05) is 30.5 Å². The molecule has 0 aliphatic rings. The number of rotatable bonds is 5. The first-order valence-corrected chi connectivity index (χ1v) is 5.91. The van der Waals surface area contributed by atoms with Gasteiger partial charge in [-0.05, 0) is 6.92 Å². The summed E-state index contributed by atoms with van der Waals surface area (Å²) >= 11 is 0. The molecular weight excluding hydrogens is 214 g/mol. The predicted molar refractivity (Wildman–Crippen MR) is 69.1 cm³/mol. The van der Waals surface area contributed by atoms with Gasteiger partial charge in [0, 0.05) is 38.8 Å². The fraction of sp³-hybridized carbons (Fsp3) is 0.538. The first-order valence-electron chi connectivity index (χ1n) is 5.91. The molecule has 0 radical (unpaired) electrons. The number of nitrogens with zero attached hydrogens (tertiary/aromatic N) is 3. The number of carbonyl (C=O) groups excluding carboxylic acids is 1. The lowest BCUT2D eigenvalue weighted by Crippen LogP contribution is -2.11. The molecule has 1 aromatic heterocycles. The van der Waals surface area contributed by atoms with Gasteiger partial charge in [0.15, 0.2) is 0 Å². The molecule has 0 N–H and O–H groups in total. The summed E-state index contributed by atoms with van der Waals surface area (Å²) in [6.45, 7) is 6.96. The van der Waals surface area contributed by atoms with Gasteiger partial charge in [0.05, 0.1) is 6.20 Å². The second kappa shape index (κ2) is 5.66. The number of carbonyl (C=O) groups is 1. The van der Waals surface area contributed by atoms with Crippen LogP contribution in [-0.2, 0) is 6.54 Å². The third-order valence-electron chi connectivity index (χ3n) is 2.50. The van der Waals surface area contributed by atoms with Crippen LogP contribution < -0.4 is 0 Å². The average molecular weight is 235 g/mol. The summed E-state index contributed by atoms with van der Waals surface area (Å²) in [5, 5.41) is 0. The van der Waals surface area contributed by atoms with Crippen molar-refractivity contribution in [1.29, 1.82) is 0 Å². The maximum absolute atomic E-state index is 12.0. The molecule has 0 bridgehead atoms. The summed E-state index contributed by atoms with van der Waals surface area (Å²) in [7, 11) is 3.78. The minimum atomic E-state index is -0.0000463. The number of hydrogen-bond acceptors (Lipinski definition) is 3. The molecule has 1 rings (SSSR count). The molecule has 0 unspecified atom stereocenters. The first-order chi connectivity index (χ1) is 7.97. The number of imidazole rings is 1. The molecule has 0 spiro atoms. The van der Waals surface area contributed by atoms with Crippen molar-refractivity contribution in [3.8, 4) is 0 Å². The maximum atomic E-state index is 12.0. The Morgan fingerprint density at radius 3 is 2.65 bits per heavy atom. The van der Waals surface area contributed by atoms with Crippen LogP contribution in [-0.4, -0.2) is 34.3 Å². The fourth-order valence-electron chi connectivity index (χ4n) is 1.68. The Morgan fingerprint density at radius 1 is 1.53 bits per heavy atom. The van der Waals surface area contributed by atoms with Gasteiger partial charge in [0.1, 0.15) is 11.5 Å². The lowest BCUT2D eigenvalue weighted by molar-refractivity contribution is 0.103. The SMILES string of the molecule is CCn1c(C(=O)C=CN(C)C)cnc1C(C)C. The molecular formula is C13H21N3O. The Kier molecular flexibility index (Phi) is 4.49. The molecule has 0 saturated carbocycles. The van der Waals surface area contributed by atoms with Crippen LogP contribution in [0, 0.1) is 0 Å². The Labute approximate surface area is 103 Å². The minimum Gasteiger partial charge on any atom is -0.383 e. The van der Waals surface area contributed by atoms with Crippen molar-refractivity contribution in [2.45, 2.75) is 33.2 Å². The third-order valence-corrected chi connectivity index (χ3v) is 2.50. The van der Waals surface area contributed by atoms with Crippen LogP contribution in [0.15, 0.2) is 18.5 Å². The highest BCUT2D eigenvalue weighted by molar-refractivity contribution is 6.03. The molecule has 0 saturated heterocycles. The Bertz CT molecular complexity index is 416. The summed E-state index contributed by atoms with van der Waals surface area (Å²) in [5.74, 6) is 1.29. The van der Waals surface area contributed by atoms with Crippen molar-refractivity contribution in [2.24, 2.45) is 0 Å². The Hall–Kier alpha value is -1.58. The summed E-state index contributed by atoms with van der Waals surface area (Å²) < 4.78 is 1.98. The van der Waals surface area contributed by atoms with E-state index in [4.69, 9.17) is 0 Å². The van der Waals surface area contributed by atoms with Gasteiger partial charge in [0.2, 0.25) is 5.78 Å². The largest absolute Gasteiger partial charge is 0.383 e. The topological polar surface area (TPSA) is 38.1 Å². The number of hydrogen-bond donors (Lipinski definition) is 0. The monoisotopic (exact) mass is 235 g/mol. The van der Waals surface area contributed by atoms with E-state index in [0.717, 1.165) is 12.4 Å². The fourth-order valence-corrected chi connectivity index (χ4v) is 1.68. The summed E-state index contributed by atoms with van der Waals surface area (Å²) in [4.78, 5) is 18.2. The van der Waals surface area contributed by atoms with Crippen LogP contribution in [0.3, 0.4) is 0 Å².